The first-order valence-corrected chi connectivity index (χ1v) is 10.1. The van der Waals surface area contributed by atoms with Gasteiger partial charge in [-0.2, -0.15) is 0 Å². The third-order valence-corrected chi connectivity index (χ3v) is 4.63. The predicted molar refractivity (Wildman–Crippen MR) is 112 cm³/mol. The molecule has 2 N–H and O–H groups in total. The van der Waals surface area contributed by atoms with Gasteiger partial charge in [0.1, 0.15) is 0 Å². The van der Waals surface area contributed by atoms with Gasteiger partial charge in [-0.1, -0.05) is 30.3 Å². The molecule has 1 unspecified atom stereocenters. The Hall–Kier alpha value is -2.12. The number of nitrogens with one attached hydrogen (secondary N) is 2. The van der Waals surface area contributed by atoms with Crippen molar-refractivity contribution in [2.45, 2.75) is 19.8 Å². The fourth-order valence-corrected chi connectivity index (χ4v) is 3.15. The second-order valence-corrected chi connectivity index (χ2v) is 6.90. The third-order valence-electron chi connectivity index (χ3n) is 4.63. The molecule has 0 bridgehead atoms. The lowest BCUT2D eigenvalue weighted by atomic mass is 10.1. The standard InChI is InChI=1S/C21H34N4O3/c1-3-22-21(23-10-12-28-14-13-27-2)24-16-19-15-20(26)25(17-19)11-9-18-7-5-4-6-8-18/h4-8,19H,3,9-17H2,1-2H3,(H2,22,23,24). The lowest BCUT2D eigenvalue weighted by Crippen LogP contribution is -2.39. The second-order valence-electron chi connectivity index (χ2n) is 6.90. The van der Waals surface area contributed by atoms with E-state index in [1.807, 2.05) is 30.0 Å². The first-order chi connectivity index (χ1) is 13.7. The highest BCUT2D eigenvalue weighted by Crippen LogP contribution is 2.18. The Morgan fingerprint density at radius 3 is 2.79 bits per heavy atom. The highest BCUT2D eigenvalue weighted by Gasteiger charge is 2.28. The van der Waals surface area contributed by atoms with Gasteiger partial charge in [-0.25, -0.2) is 0 Å². The predicted octanol–water partition coefficient (Wildman–Crippen LogP) is 1.30. The van der Waals surface area contributed by atoms with E-state index in [0.717, 1.165) is 32.0 Å². The van der Waals surface area contributed by atoms with E-state index in [9.17, 15) is 4.79 Å². The summed E-state index contributed by atoms with van der Waals surface area (Å²) in [6.45, 7) is 7.52. The summed E-state index contributed by atoms with van der Waals surface area (Å²) >= 11 is 0. The van der Waals surface area contributed by atoms with Crippen LogP contribution in [0.25, 0.3) is 0 Å². The van der Waals surface area contributed by atoms with Gasteiger partial charge >= 0.3 is 0 Å². The van der Waals surface area contributed by atoms with Crippen molar-refractivity contribution in [1.82, 2.24) is 15.5 Å². The van der Waals surface area contributed by atoms with Gasteiger partial charge in [0, 0.05) is 52.2 Å². The zero-order valence-electron chi connectivity index (χ0n) is 17.2. The Bertz CT molecular complexity index is 595. The Labute approximate surface area is 168 Å². The number of likely N-dealkylation sites (tertiary alicyclic amines) is 1. The number of methoxy groups -OCH3 is 1. The maximum Gasteiger partial charge on any atom is 0.223 e. The number of carbonyl (C=O) groups excluding carboxylic acids is 1. The van der Waals surface area contributed by atoms with E-state index in [1.165, 1.54) is 5.56 Å². The van der Waals surface area contributed by atoms with Gasteiger partial charge in [0.15, 0.2) is 5.96 Å². The minimum Gasteiger partial charge on any atom is -0.382 e. The summed E-state index contributed by atoms with van der Waals surface area (Å²) in [4.78, 5) is 18.9. The van der Waals surface area contributed by atoms with Crippen LogP contribution in [0.4, 0.5) is 0 Å². The van der Waals surface area contributed by atoms with Crippen LogP contribution in [0.15, 0.2) is 35.3 Å². The van der Waals surface area contributed by atoms with Crippen molar-refractivity contribution in [3.05, 3.63) is 35.9 Å². The highest BCUT2D eigenvalue weighted by atomic mass is 16.5. The number of amides is 1. The summed E-state index contributed by atoms with van der Waals surface area (Å²) in [7, 11) is 1.66. The van der Waals surface area contributed by atoms with Crippen LogP contribution in [0.2, 0.25) is 0 Å². The van der Waals surface area contributed by atoms with Crippen LogP contribution in [-0.4, -0.2) is 76.4 Å². The van der Waals surface area contributed by atoms with Crippen molar-refractivity contribution in [2.75, 3.05) is 59.7 Å². The van der Waals surface area contributed by atoms with Gasteiger partial charge in [0.25, 0.3) is 0 Å². The van der Waals surface area contributed by atoms with Crippen LogP contribution in [0.3, 0.4) is 0 Å². The van der Waals surface area contributed by atoms with E-state index in [-0.39, 0.29) is 11.8 Å². The van der Waals surface area contributed by atoms with Crippen molar-refractivity contribution in [2.24, 2.45) is 10.9 Å². The zero-order valence-corrected chi connectivity index (χ0v) is 17.2. The molecule has 1 atom stereocenters. The molecule has 1 aromatic carbocycles. The van der Waals surface area contributed by atoms with E-state index in [0.29, 0.717) is 39.3 Å². The maximum absolute atomic E-state index is 12.3. The van der Waals surface area contributed by atoms with E-state index in [1.54, 1.807) is 7.11 Å². The normalized spacial score (nSPS) is 17.2. The van der Waals surface area contributed by atoms with Crippen molar-refractivity contribution >= 4 is 11.9 Å². The number of guanidine groups is 1. The molecule has 156 valence electrons. The molecule has 1 saturated heterocycles. The lowest BCUT2D eigenvalue weighted by Gasteiger charge is -2.16. The van der Waals surface area contributed by atoms with Crippen LogP contribution >= 0.6 is 0 Å². The van der Waals surface area contributed by atoms with Crippen molar-refractivity contribution < 1.29 is 14.3 Å². The first-order valence-electron chi connectivity index (χ1n) is 10.1. The zero-order chi connectivity index (χ0) is 20.0. The number of hydrogen-bond acceptors (Lipinski definition) is 4. The summed E-state index contributed by atoms with van der Waals surface area (Å²) in [5.41, 5.74) is 1.27. The van der Waals surface area contributed by atoms with Gasteiger partial charge in [-0.3, -0.25) is 9.79 Å². The number of benzene rings is 1. The molecule has 7 heteroatoms. The fraction of sp³-hybridized carbons (Fsp3) is 0.619. The van der Waals surface area contributed by atoms with Crippen LogP contribution in [0.5, 0.6) is 0 Å². The summed E-state index contributed by atoms with van der Waals surface area (Å²) in [5, 5.41) is 6.50. The molecule has 1 aliphatic heterocycles. The summed E-state index contributed by atoms with van der Waals surface area (Å²) in [5.74, 6) is 1.28. The molecule has 1 fully saturated rings. The highest BCUT2D eigenvalue weighted by molar-refractivity contribution is 5.80. The van der Waals surface area contributed by atoms with E-state index >= 15 is 0 Å². The van der Waals surface area contributed by atoms with Gasteiger partial charge in [0.2, 0.25) is 5.91 Å². The topological polar surface area (TPSA) is 75.2 Å². The molecule has 1 amide bonds. The average molecular weight is 391 g/mol. The summed E-state index contributed by atoms with van der Waals surface area (Å²) < 4.78 is 10.4. The Kier molecular flexibility index (Phi) is 10.4. The molecule has 1 aliphatic rings. The number of rotatable bonds is 12. The molecular formula is C21H34N4O3. The number of ether oxygens (including phenoxy) is 2. The number of hydrogen-bond donors (Lipinski definition) is 2. The maximum atomic E-state index is 12.3. The quantitative estimate of drug-likeness (QED) is 0.320. The van der Waals surface area contributed by atoms with Gasteiger partial charge in [0.05, 0.1) is 19.8 Å². The molecule has 0 radical (unpaired) electrons. The Morgan fingerprint density at radius 2 is 2.04 bits per heavy atom. The van der Waals surface area contributed by atoms with Gasteiger partial charge in [-0.05, 0) is 18.9 Å². The van der Waals surface area contributed by atoms with Crippen molar-refractivity contribution in [1.29, 1.82) is 0 Å². The molecule has 2 rings (SSSR count). The molecule has 1 aromatic rings. The minimum absolute atomic E-state index is 0.237. The van der Waals surface area contributed by atoms with Crippen molar-refractivity contribution in [3.63, 3.8) is 0 Å². The smallest absolute Gasteiger partial charge is 0.223 e. The average Bonchev–Trinajstić information content (AvgIpc) is 3.07. The van der Waals surface area contributed by atoms with Crippen LogP contribution in [-0.2, 0) is 20.7 Å². The summed E-state index contributed by atoms with van der Waals surface area (Å²) in [6, 6.07) is 10.3. The van der Waals surface area contributed by atoms with Gasteiger partial charge in [-0.15, -0.1) is 0 Å². The molecule has 0 saturated carbocycles. The number of aliphatic imine (C=N–C) groups is 1. The van der Waals surface area contributed by atoms with Crippen molar-refractivity contribution in [3.8, 4) is 0 Å². The molecule has 1 heterocycles. The fourth-order valence-electron chi connectivity index (χ4n) is 3.15. The monoisotopic (exact) mass is 390 g/mol. The largest absolute Gasteiger partial charge is 0.382 e. The minimum atomic E-state index is 0.237. The van der Waals surface area contributed by atoms with E-state index in [4.69, 9.17) is 9.47 Å². The number of carbonyl (C=O) groups is 1. The summed E-state index contributed by atoms with van der Waals surface area (Å²) in [6.07, 6.45) is 1.48. The Morgan fingerprint density at radius 1 is 1.21 bits per heavy atom. The molecule has 0 aromatic heterocycles. The molecule has 0 spiro atoms. The van der Waals surface area contributed by atoms with Crippen LogP contribution in [0.1, 0.15) is 18.9 Å². The van der Waals surface area contributed by atoms with E-state index in [2.05, 4.69) is 27.8 Å². The van der Waals surface area contributed by atoms with Gasteiger partial charge < -0.3 is 25.0 Å². The molecule has 7 nitrogen and oxygen atoms in total. The third kappa shape index (κ3) is 8.27. The lowest BCUT2D eigenvalue weighted by molar-refractivity contribution is -0.127. The molecule has 0 aliphatic carbocycles. The number of nitrogens with zero attached hydrogens (tertiary/aromatic N) is 2. The SMILES string of the molecule is CCNC(=NCC1CC(=O)N(CCc2ccccc2)C1)NCCOCCOC. The molecule has 28 heavy (non-hydrogen) atoms. The second kappa shape index (κ2) is 13.1. The van der Waals surface area contributed by atoms with E-state index < -0.39 is 0 Å². The first kappa shape index (κ1) is 22.2. The van der Waals surface area contributed by atoms with Crippen LogP contribution < -0.4 is 10.6 Å². The molecular weight excluding hydrogens is 356 g/mol. The Balaban J connectivity index is 1.72. The van der Waals surface area contributed by atoms with Crippen LogP contribution in [0, 0.1) is 5.92 Å².